The number of nitrogens with zero attached hydrogens (tertiary/aromatic N) is 1. The summed E-state index contributed by atoms with van der Waals surface area (Å²) in [6, 6.07) is 0. The Bertz CT molecular complexity index is 334. The minimum Gasteiger partial charge on any atom is -0.307 e. The monoisotopic (exact) mass is 240 g/mol. The zero-order chi connectivity index (χ0) is 12.3. The third kappa shape index (κ3) is 4.62. The quantitative estimate of drug-likeness (QED) is 0.870. The van der Waals surface area contributed by atoms with Gasteiger partial charge in [0.15, 0.2) is 0 Å². The van der Waals surface area contributed by atoms with Crippen LogP contribution in [0.15, 0.2) is 0 Å². The summed E-state index contributed by atoms with van der Waals surface area (Å²) in [6.07, 6.45) is 1.10. The van der Waals surface area contributed by atoms with Crippen molar-refractivity contribution in [3.8, 4) is 0 Å². The summed E-state index contributed by atoms with van der Waals surface area (Å²) in [6.45, 7) is 14.1. The van der Waals surface area contributed by atoms with E-state index in [1.165, 1.54) is 15.6 Å². The van der Waals surface area contributed by atoms with Crippen molar-refractivity contribution in [3.63, 3.8) is 0 Å². The summed E-state index contributed by atoms with van der Waals surface area (Å²) in [4.78, 5) is 6.01. The summed E-state index contributed by atoms with van der Waals surface area (Å²) in [5, 5.41) is 4.79. The highest BCUT2D eigenvalue weighted by molar-refractivity contribution is 7.11. The fourth-order valence-corrected chi connectivity index (χ4v) is 2.66. The van der Waals surface area contributed by atoms with Gasteiger partial charge in [-0.25, -0.2) is 4.98 Å². The van der Waals surface area contributed by atoms with E-state index in [-0.39, 0.29) is 5.54 Å². The van der Waals surface area contributed by atoms with Crippen LogP contribution in [0.2, 0.25) is 0 Å². The molecule has 1 rings (SSSR count). The van der Waals surface area contributed by atoms with Gasteiger partial charge in [0.2, 0.25) is 0 Å². The molecule has 1 aromatic rings. The Hall–Kier alpha value is -0.410. The lowest BCUT2D eigenvalue weighted by Crippen LogP contribution is -2.34. The van der Waals surface area contributed by atoms with Crippen LogP contribution in [0, 0.1) is 12.8 Å². The van der Waals surface area contributed by atoms with Crippen LogP contribution >= 0.6 is 11.3 Å². The zero-order valence-corrected chi connectivity index (χ0v) is 12.2. The molecule has 0 unspecified atom stereocenters. The highest BCUT2D eigenvalue weighted by Gasteiger charge is 2.13. The molecule has 3 heteroatoms. The first-order valence-corrected chi connectivity index (χ1v) is 6.80. The van der Waals surface area contributed by atoms with Crippen LogP contribution in [0.5, 0.6) is 0 Å². The first-order valence-electron chi connectivity index (χ1n) is 5.98. The number of thiazole rings is 1. The molecule has 0 spiro atoms. The predicted octanol–water partition coefficient (Wildman–Crippen LogP) is 3.54. The molecule has 0 saturated carbocycles. The number of aryl methyl sites for hydroxylation is 1. The summed E-state index contributed by atoms with van der Waals surface area (Å²) in [5.74, 6) is 0.689. The van der Waals surface area contributed by atoms with Gasteiger partial charge in [-0.1, -0.05) is 13.8 Å². The smallest absolute Gasteiger partial charge is 0.0934 e. The van der Waals surface area contributed by atoms with Gasteiger partial charge < -0.3 is 5.32 Å². The highest BCUT2D eigenvalue weighted by atomic mass is 32.1. The Kier molecular flexibility index (Phi) is 4.51. The maximum Gasteiger partial charge on any atom is 0.0934 e. The molecular weight excluding hydrogens is 216 g/mol. The van der Waals surface area contributed by atoms with Gasteiger partial charge >= 0.3 is 0 Å². The summed E-state index contributed by atoms with van der Waals surface area (Å²) in [7, 11) is 0. The van der Waals surface area contributed by atoms with E-state index in [1.807, 2.05) is 11.3 Å². The molecule has 1 aromatic heterocycles. The van der Waals surface area contributed by atoms with E-state index in [9.17, 15) is 0 Å². The second-order valence-electron chi connectivity index (χ2n) is 5.82. The predicted molar refractivity (Wildman–Crippen MR) is 72.0 cm³/mol. The van der Waals surface area contributed by atoms with E-state index in [1.54, 1.807) is 0 Å². The average molecular weight is 240 g/mol. The molecule has 0 fully saturated rings. The molecule has 16 heavy (non-hydrogen) atoms. The number of hydrogen-bond acceptors (Lipinski definition) is 3. The van der Waals surface area contributed by atoms with E-state index in [2.05, 4.69) is 51.8 Å². The maximum absolute atomic E-state index is 4.63. The molecule has 1 heterocycles. The normalized spacial score (nSPS) is 12.4. The van der Waals surface area contributed by atoms with Gasteiger partial charge in [-0.05, 0) is 33.6 Å². The second-order valence-corrected chi connectivity index (χ2v) is 6.99. The molecule has 0 aliphatic carbocycles. The third-order valence-corrected chi connectivity index (χ3v) is 3.48. The minimum absolute atomic E-state index is 0.175. The molecule has 0 atom stereocenters. The second kappa shape index (κ2) is 5.28. The molecule has 0 amide bonds. The van der Waals surface area contributed by atoms with E-state index >= 15 is 0 Å². The van der Waals surface area contributed by atoms with Crippen LogP contribution < -0.4 is 5.32 Å². The lowest BCUT2D eigenvalue weighted by molar-refractivity contribution is 0.425. The number of hydrogen-bond donors (Lipinski definition) is 1. The van der Waals surface area contributed by atoms with Gasteiger partial charge in [-0.2, -0.15) is 0 Å². The molecule has 92 valence electrons. The Balaban J connectivity index is 2.63. The molecular formula is C13H24N2S. The summed E-state index contributed by atoms with van der Waals surface area (Å²) >= 11 is 1.85. The first-order chi connectivity index (χ1) is 7.28. The van der Waals surface area contributed by atoms with E-state index in [0.717, 1.165) is 13.0 Å². The van der Waals surface area contributed by atoms with Gasteiger partial charge in [0.05, 0.1) is 10.7 Å². The van der Waals surface area contributed by atoms with Gasteiger partial charge in [0.25, 0.3) is 0 Å². The van der Waals surface area contributed by atoms with Crippen molar-refractivity contribution in [1.29, 1.82) is 0 Å². The highest BCUT2D eigenvalue weighted by Crippen LogP contribution is 2.21. The van der Waals surface area contributed by atoms with Gasteiger partial charge in [-0.3, -0.25) is 0 Å². The van der Waals surface area contributed by atoms with Gasteiger partial charge in [0.1, 0.15) is 0 Å². The van der Waals surface area contributed by atoms with Crippen molar-refractivity contribution in [2.75, 3.05) is 0 Å². The fourth-order valence-electron chi connectivity index (χ4n) is 1.43. The van der Waals surface area contributed by atoms with Crippen LogP contribution in [0.25, 0.3) is 0 Å². The van der Waals surface area contributed by atoms with Crippen LogP contribution in [0.4, 0.5) is 0 Å². The fraction of sp³-hybridized carbons (Fsp3) is 0.769. The summed E-state index contributed by atoms with van der Waals surface area (Å²) in [5.41, 5.74) is 1.37. The maximum atomic E-state index is 4.63. The van der Waals surface area contributed by atoms with Crippen molar-refractivity contribution in [2.45, 2.75) is 60.0 Å². The average Bonchev–Trinajstić information content (AvgIpc) is 2.40. The Morgan fingerprint density at radius 3 is 2.44 bits per heavy atom. The van der Waals surface area contributed by atoms with Crippen LogP contribution in [-0.4, -0.2) is 10.5 Å². The molecule has 0 radical (unpaired) electrons. The lowest BCUT2D eigenvalue weighted by Gasteiger charge is -2.19. The van der Waals surface area contributed by atoms with Crippen molar-refractivity contribution >= 4 is 11.3 Å². The molecule has 1 N–H and O–H groups in total. The van der Waals surface area contributed by atoms with Crippen molar-refractivity contribution in [2.24, 2.45) is 5.92 Å². The van der Waals surface area contributed by atoms with Crippen molar-refractivity contribution in [1.82, 2.24) is 10.3 Å². The van der Waals surface area contributed by atoms with Crippen molar-refractivity contribution in [3.05, 3.63) is 15.6 Å². The Morgan fingerprint density at radius 1 is 1.31 bits per heavy atom. The Labute approximate surface area is 103 Å². The first kappa shape index (κ1) is 13.7. The van der Waals surface area contributed by atoms with Crippen LogP contribution in [0.1, 0.15) is 50.2 Å². The SMILES string of the molecule is Cc1nc(CC(C)C)sc1CNC(C)(C)C. The largest absolute Gasteiger partial charge is 0.307 e. The Morgan fingerprint density at radius 2 is 1.94 bits per heavy atom. The summed E-state index contributed by atoms with van der Waals surface area (Å²) < 4.78 is 0. The molecule has 0 aliphatic rings. The topological polar surface area (TPSA) is 24.9 Å². The van der Waals surface area contributed by atoms with Crippen LogP contribution in [-0.2, 0) is 13.0 Å². The molecule has 0 saturated heterocycles. The number of nitrogens with one attached hydrogen (secondary N) is 1. The van der Waals surface area contributed by atoms with Crippen LogP contribution in [0.3, 0.4) is 0 Å². The number of aromatic nitrogens is 1. The standard InChI is InChI=1S/C13H24N2S/c1-9(2)7-12-15-10(3)11(16-12)8-14-13(4,5)6/h9,14H,7-8H2,1-6H3. The molecule has 2 nitrogen and oxygen atoms in total. The van der Waals surface area contributed by atoms with Gasteiger partial charge in [0, 0.05) is 23.4 Å². The van der Waals surface area contributed by atoms with E-state index in [4.69, 9.17) is 0 Å². The van der Waals surface area contributed by atoms with Gasteiger partial charge in [-0.15, -0.1) is 11.3 Å². The lowest BCUT2D eigenvalue weighted by atomic mass is 10.1. The number of rotatable bonds is 4. The zero-order valence-electron chi connectivity index (χ0n) is 11.3. The molecule has 0 aromatic carbocycles. The molecule has 0 aliphatic heterocycles. The van der Waals surface area contributed by atoms with Crippen molar-refractivity contribution < 1.29 is 0 Å². The third-order valence-electron chi connectivity index (χ3n) is 2.30. The van der Waals surface area contributed by atoms with E-state index in [0.29, 0.717) is 5.92 Å². The van der Waals surface area contributed by atoms with E-state index < -0.39 is 0 Å². The minimum atomic E-state index is 0.175. The molecule has 0 bridgehead atoms.